The van der Waals surface area contributed by atoms with Crippen LogP contribution in [-0.2, 0) is 10.0 Å². The smallest absolute Gasteiger partial charge is 0.240 e. The zero-order valence-electron chi connectivity index (χ0n) is 11.7. The molecule has 0 radical (unpaired) electrons. The standard InChI is InChI=1S/C14H21NO3S/c1-4-6-9-15-19(17,18)14-10-12(13(16)5-2)8-7-11(14)3/h7-8,10,15H,4-6,9H2,1-3H3. The van der Waals surface area contributed by atoms with Crippen LogP contribution in [0, 0.1) is 6.92 Å². The lowest BCUT2D eigenvalue weighted by atomic mass is 10.1. The SMILES string of the molecule is CCCCNS(=O)(=O)c1cc(C(=O)CC)ccc1C. The summed E-state index contributed by atoms with van der Waals surface area (Å²) in [6, 6.07) is 4.82. The van der Waals surface area contributed by atoms with Gasteiger partial charge in [-0.2, -0.15) is 0 Å². The van der Waals surface area contributed by atoms with Gasteiger partial charge in [-0.3, -0.25) is 4.79 Å². The summed E-state index contributed by atoms with van der Waals surface area (Å²) in [5, 5.41) is 0. The van der Waals surface area contributed by atoms with E-state index in [0.717, 1.165) is 12.8 Å². The van der Waals surface area contributed by atoms with Crippen molar-refractivity contribution in [2.45, 2.75) is 44.9 Å². The summed E-state index contributed by atoms with van der Waals surface area (Å²) < 4.78 is 26.9. The van der Waals surface area contributed by atoms with Crippen molar-refractivity contribution in [1.29, 1.82) is 0 Å². The van der Waals surface area contributed by atoms with Crippen molar-refractivity contribution in [3.63, 3.8) is 0 Å². The Balaban J connectivity index is 3.07. The Bertz CT molecular complexity index is 550. The third-order valence-corrected chi connectivity index (χ3v) is 4.55. The number of hydrogen-bond donors (Lipinski definition) is 1. The number of carbonyl (C=O) groups is 1. The molecular weight excluding hydrogens is 262 g/mol. The molecule has 106 valence electrons. The number of hydrogen-bond acceptors (Lipinski definition) is 3. The minimum atomic E-state index is -3.53. The molecule has 0 aromatic heterocycles. The molecule has 0 fully saturated rings. The highest BCUT2D eigenvalue weighted by Crippen LogP contribution is 2.18. The van der Waals surface area contributed by atoms with E-state index in [1.54, 1.807) is 26.0 Å². The fourth-order valence-electron chi connectivity index (χ4n) is 1.73. The molecule has 0 aliphatic carbocycles. The summed E-state index contributed by atoms with van der Waals surface area (Å²) in [7, 11) is -3.53. The predicted octanol–water partition coefficient (Wildman–Crippen LogP) is 2.67. The maximum absolute atomic E-state index is 12.2. The van der Waals surface area contributed by atoms with Gasteiger partial charge in [0.05, 0.1) is 4.90 Å². The van der Waals surface area contributed by atoms with Gasteiger partial charge >= 0.3 is 0 Å². The molecule has 1 N–H and O–H groups in total. The van der Waals surface area contributed by atoms with Crippen LogP contribution in [0.25, 0.3) is 0 Å². The summed E-state index contributed by atoms with van der Waals surface area (Å²) >= 11 is 0. The lowest BCUT2D eigenvalue weighted by Gasteiger charge is -2.10. The maximum atomic E-state index is 12.2. The van der Waals surface area contributed by atoms with Gasteiger partial charge in [-0.05, 0) is 25.0 Å². The van der Waals surface area contributed by atoms with E-state index in [-0.39, 0.29) is 10.7 Å². The number of benzene rings is 1. The molecule has 0 atom stereocenters. The van der Waals surface area contributed by atoms with Gasteiger partial charge < -0.3 is 0 Å². The fourth-order valence-corrected chi connectivity index (χ4v) is 3.07. The first kappa shape index (κ1) is 15.9. The van der Waals surface area contributed by atoms with Crippen LogP contribution in [-0.4, -0.2) is 20.7 Å². The Morgan fingerprint density at radius 2 is 1.95 bits per heavy atom. The second-order valence-corrected chi connectivity index (χ2v) is 6.24. The zero-order valence-corrected chi connectivity index (χ0v) is 12.5. The molecule has 0 saturated carbocycles. The lowest BCUT2D eigenvalue weighted by Crippen LogP contribution is -2.25. The Hall–Kier alpha value is -1.20. The molecule has 0 aliphatic heterocycles. The minimum absolute atomic E-state index is 0.0509. The average Bonchev–Trinajstić information content (AvgIpc) is 2.38. The van der Waals surface area contributed by atoms with Crippen molar-refractivity contribution >= 4 is 15.8 Å². The van der Waals surface area contributed by atoms with Crippen LogP contribution >= 0.6 is 0 Å². The topological polar surface area (TPSA) is 63.2 Å². The summed E-state index contributed by atoms with van der Waals surface area (Å²) in [5.41, 5.74) is 1.10. The molecule has 4 nitrogen and oxygen atoms in total. The van der Waals surface area contributed by atoms with Crippen molar-refractivity contribution < 1.29 is 13.2 Å². The van der Waals surface area contributed by atoms with Gasteiger partial charge in [-0.25, -0.2) is 13.1 Å². The number of unbranched alkanes of at least 4 members (excludes halogenated alkanes) is 1. The molecule has 0 bridgehead atoms. The summed E-state index contributed by atoms with van der Waals surface area (Å²) in [4.78, 5) is 11.8. The molecule has 0 amide bonds. The lowest BCUT2D eigenvalue weighted by molar-refractivity contribution is 0.0988. The average molecular weight is 283 g/mol. The molecule has 0 unspecified atom stereocenters. The van der Waals surface area contributed by atoms with Crippen LogP contribution < -0.4 is 4.72 Å². The molecule has 19 heavy (non-hydrogen) atoms. The predicted molar refractivity (Wildman–Crippen MR) is 75.9 cm³/mol. The quantitative estimate of drug-likeness (QED) is 0.618. The molecule has 0 aliphatic rings. The van der Waals surface area contributed by atoms with E-state index in [1.165, 1.54) is 6.07 Å². The van der Waals surface area contributed by atoms with Gasteiger partial charge in [0.2, 0.25) is 10.0 Å². The first-order valence-corrected chi connectivity index (χ1v) is 8.04. The van der Waals surface area contributed by atoms with E-state index in [4.69, 9.17) is 0 Å². The maximum Gasteiger partial charge on any atom is 0.240 e. The van der Waals surface area contributed by atoms with Crippen molar-refractivity contribution in [3.05, 3.63) is 29.3 Å². The van der Waals surface area contributed by atoms with Crippen LogP contribution in [0.1, 0.15) is 49.0 Å². The van der Waals surface area contributed by atoms with Gasteiger partial charge in [-0.1, -0.05) is 32.4 Å². The Labute approximate surface area is 115 Å². The van der Waals surface area contributed by atoms with Gasteiger partial charge in [0.15, 0.2) is 5.78 Å². The molecule has 0 heterocycles. The van der Waals surface area contributed by atoms with Crippen molar-refractivity contribution in [2.75, 3.05) is 6.54 Å². The number of rotatable bonds is 7. The van der Waals surface area contributed by atoms with Crippen LogP contribution in [0.2, 0.25) is 0 Å². The van der Waals surface area contributed by atoms with Gasteiger partial charge in [0.1, 0.15) is 0 Å². The first-order chi connectivity index (χ1) is 8.92. The molecular formula is C14H21NO3S. The fraction of sp³-hybridized carbons (Fsp3) is 0.500. The van der Waals surface area contributed by atoms with Crippen LogP contribution in [0.15, 0.2) is 23.1 Å². The Morgan fingerprint density at radius 3 is 2.53 bits per heavy atom. The molecule has 5 heteroatoms. The van der Waals surface area contributed by atoms with Crippen molar-refractivity contribution in [1.82, 2.24) is 4.72 Å². The highest BCUT2D eigenvalue weighted by Gasteiger charge is 2.18. The number of aryl methyl sites for hydroxylation is 1. The second-order valence-electron chi connectivity index (χ2n) is 4.51. The van der Waals surface area contributed by atoms with Crippen molar-refractivity contribution in [2.24, 2.45) is 0 Å². The normalized spacial score (nSPS) is 11.5. The monoisotopic (exact) mass is 283 g/mol. The van der Waals surface area contributed by atoms with Gasteiger partial charge in [-0.15, -0.1) is 0 Å². The van der Waals surface area contributed by atoms with E-state index in [9.17, 15) is 13.2 Å². The van der Waals surface area contributed by atoms with Gasteiger partial charge in [0, 0.05) is 18.5 Å². The minimum Gasteiger partial charge on any atom is -0.294 e. The highest BCUT2D eigenvalue weighted by atomic mass is 32.2. The zero-order chi connectivity index (χ0) is 14.5. The number of nitrogens with one attached hydrogen (secondary N) is 1. The van der Waals surface area contributed by atoms with Gasteiger partial charge in [0.25, 0.3) is 0 Å². The Morgan fingerprint density at radius 1 is 1.26 bits per heavy atom. The third-order valence-electron chi connectivity index (χ3n) is 2.94. The number of Topliss-reactive ketones (excluding diaryl/α,β-unsaturated/α-hetero) is 1. The molecule has 1 aromatic carbocycles. The van der Waals surface area contributed by atoms with E-state index in [0.29, 0.717) is 24.1 Å². The highest BCUT2D eigenvalue weighted by molar-refractivity contribution is 7.89. The summed E-state index contributed by atoms with van der Waals surface area (Å²) in [6.07, 6.45) is 2.09. The molecule has 1 rings (SSSR count). The molecule has 0 saturated heterocycles. The Kier molecular flexibility index (Phi) is 5.69. The van der Waals surface area contributed by atoms with Crippen LogP contribution in [0.5, 0.6) is 0 Å². The molecule has 0 spiro atoms. The van der Waals surface area contributed by atoms with E-state index in [2.05, 4.69) is 4.72 Å². The number of carbonyl (C=O) groups excluding carboxylic acids is 1. The van der Waals surface area contributed by atoms with Crippen LogP contribution in [0.3, 0.4) is 0 Å². The van der Waals surface area contributed by atoms with E-state index < -0.39 is 10.0 Å². The van der Waals surface area contributed by atoms with Crippen LogP contribution in [0.4, 0.5) is 0 Å². The summed E-state index contributed by atoms with van der Waals surface area (Å²) in [6.45, 7) is 5.91. The third kappa shape index (κ3) is 4.14. The van der Waals surface area contributed by atoms with E-state index in [1.807, 2.05) is 6.92 Å². The second kappa shape index (κ2) is 6.82. The number of sulfonamides is 1. The van der Waals surface area contributed by atoms with E-state index >= 15 is 0 Å². The summed E-state index contributed by atoms with van der Waals surface area (Å²) in [5.74, 6) is -0.0509. The first-order valence-electron chi connectivity index (χ1n) is 6.56. The van der Waals surface area contributed by atoms with Crippen molar-refractivity contribution in [3.8, 4) is 0 Å². The number of ketones is 1. The molecule has 1 aromatic rings. The largest absolute Gasteiger partial charge is 0.294 e.